The monoisotopic (exact) mass is 398 g/mol. The highest BCUT2D eigenvalue weighted by molar-refractivity contribution is 5.95. The van der Waals surface area contributed by atoms with E-state index in [9.17, 15) is 9.59 Å². The first kappa shape index (κ1) is 22.3. The predicted molar refractivity (Wildman–Crippen MR) is 115 cm³/mol. The summed E-state index contributed by atoms with van der Waals surface area (Å²) in [5, 5.41) is 2.81. The first-order valence-electron chi connectivity index (χ1n) is 9.83. The van der Waals surface area contributed by atoms with Gasteiger partial charge in [-0.05, 0) is 56.5 Å². The summed E-state index contributed by atoms with van der Waals surface area (Å²) in [4.78, 5) is 26.3. The minimum absolute atomic E-state index is 0.0269. The van der Waals surface area contributed by atoms with Crippen LogP contribution in [0.4, 0.5) is 5.69 Å². The third-order valence-electron chi connectivity index (χ3n) is 4.56. The lowest BCUT2D eigenvalue weighted by Gasteiger charge is -2.18. The lowest BCUT2D eigenvalue weighted by molar-refractivity contribution is -0.132. The van der Waals surface area contributed by atoms with Crippen LogP contribution in [-0.4, -0.2) is 43.5 Å². The number of carbonyl (C=O) groups excluding carboxylic acids is 2. The van der Waals surface area contributed by atoms with Gasteiger partial charge >= 0.3 is 0 Å². The molecule has 0 bridgehead atoms. The Hall–Kier alpha value is -3.02. The Morgan fingerprint density at radius 3 is 2.28 bits per heavy atom. The highest BCUT2D eigenvalue weighted by Gasteiger charge is 2.15. The molecule has 0 saturated carbocycles. The van der Waals surface area contributed by atoms with Gasteiger partial charge in [0.1, 0.15) is 0 Å². The number of hydrogen-bond donors (Lipinski definition) is 1. The lowest BCUT2D eigenvalue weighted by Crippen LogP contribution is -2.35. The molecule has 0 aliphatic carbocycles. The summed E-state index contributed by atoms with van der Waals surface area (Å²) < 4.78 is 11.1. The van der Waals surface area contributed by atoms with Gasteiger partial charge in [-0.25, -0.2) is 0 Å². The van der Waals surface area contributed by atoms with Gasteiger partial charge in [0.15, 0.2) is 11.5 Å². The molecule has 6 nitrogen and oxygen atoms in total. The Labute approximate surface area is 172 Å². The highest BCUT2D eigenvalue weighted by atomic mass is 16.5. The molecule has 2 aromatic rings. The molecule has 2 rings (SSSR count). The average Bonchev–Trinajstić information content (AvgIpc) is 2.67. The fraction of sp³-hybridized carbons (Fsp3) is 0.391. The zero-order valence-electron chi connectivity index (χ0n) is 17.9. The van der Waals surface area contributed by atoms with Crippen molar-refractivity contribution in [1.29, 1.82) is 0 Å². The molecule has 0 spiro atoms. The van der Waals surface area contributed by atoms with E-state index in [0.717, 1.165) is 11.1 Å². The van der Waals surface area contributed by atoms with Crippen molar-refractivity contribution in [3.63, 3.8) is 0 Å². The summed E-state index contributed by atoms with van der Waals surface area (Å²) in [7, 11) is 1.63. The Morgan fingerprint density at radius 2 is 1.62 bits per heavy atom. The van der Waals surface area contributed by atoms with Crippen molar-refractivity contribution < 1.29 is 19.1 Å². The van der Waals surface area contributed by atoms with Crippen LogP contribution in [0.25, 0.3) is 0 Å². The molecule has 6 heteroatoms. The Kier molecular flexibility index (Phi) is 8.07. The maximum atomic E-state index is 12.5. The van der Waals surface area contributed by atoms with E-state index in [-0.39, 0.29) is 24.8 Å². The minimum Gasteiger partial charge on any atom is -0.490 e. The molecule has 0 radical (unpaired) electrons. The molecular weight excluding hydrogens is 368 g/mol. The number of hydrogen-bond acceptors (Lipinski definition) is 4. The molecule has 0 fully saturated rings. The van der Waals surface area contributed by atoms with Crippen LogP contribution >= 0.6 is 0 Å². The molecule has 1 N–H and O–H groups in total. The number of likely N-dealkylation sites (N-methyl/N-ethyl adjacent to an activating group) is 1. The summed E-state index contributed by atoms with van der Waals surface area (Å²) in [5.74, 6) is 0.831. The van der Waals surface area contributed by atoms with E-state index < -0.39 is 0 Å². The van der Waals surface area contributed by atoms with Crippen molar-refractivity contribution in [3.8, 4) is 11.5 Å². The molecule has 0 heterocycles. The molecule has 0 aliphatic heterocycles. The number of rotatable bonds is 9. The standard InChI is InChI=1S/C23H30N2O4/c1-6-28-20-11-10-19(14-21(20)29-7-2)24-22(26)15-25(5)23(27)13-18-9-8-16(3)17(4)12-18/h8-12,14H,6-7,13,15H2,1-5H3,(H,24,26). The number of carbonyl (C=O) groups is 2. The van der Waals surface area contributed by atoms with Gasteiger partial charge in [-0.3, -0.25) is 9.59 Å². The minimum atomic E-state index is -0.271. The number of benzene rings is 2. The molecule has 0 aliphatic rings. The first-order valence-corrected chi connectivity index (χ1v) is 9.83. The maximum Gasteiger partial charge on any atom is 0.243 e. The predicted octanol–water partition coefficient (Wildman–Crippen LogP) is 3.74. The third kappa shape index (κ3) is 6.52. The summed E-state index contributed by atoms with van der Waals surface area (Å²) in [5.41, 5.74) is 3.88. The summed E-state index contributed by atoms with van der Waals surface area (Å²) in [6.07, 6.45) is 0.266. The van der Waals surface area contributed by atoms with Gasteiger partial charge in [-0.2, -0.15) is 0 Å². The fourth-order valence-corrected chi connectivity index (χ4v) is 2.86. The topological polar surface area (TPSA) is 67.9 Å². The van der Waals surface area contributed by atoms with Crippen LogP contribution in [0, 0.1) is 13.8 Å². The molecular formula is C23H30N2O4. The van der Waals surface area contributed by atoms with E-state index >= 15 is 0 Å². The summed E-state index contributed by atoms with van der Waals surface area (Å²) in [6, 6.07) is 11.2. The van der Waals surface area contributed by atoms with Gasteiger partial charge in [0.2, 0.25) is 11.8 Å². The molecule has 2 amide bonds. The van der Waals surface area contributed by atoms with Crippen molar-refractivity contribution in [1.82, 2.24) is 4.90 Å². The maximum absolute atomic E-state index is 12.5. The van der Waals surface area contributed by atoms with E-state index in [1.807, 2.05) is 45.9 Å². The van der Waals surface area contributed by atoms with E-state index in [1.54, 1.807) is 25.2 Å². The van der Waals surface area contributed by atoms with Gasteiger partial charge in [0.05, 0.1) is 26.2 Å². The molecule has 2 aromatic carbocycles. The second-order valence-corrected chi connectivity index (χ2v) is 6.92. The van der Waals surface area contributed by atoms with Gasteiger partial charge in [0.25, 0.3) is 0 Å². The van der Waals surface area contributed by atoms with Crippen LogP contribution in [0.2, 0.25) is 0 Å². The van der Waals surface area contributed by atoms with Crippen molar-refractivity contribution >= 4 is 17.5 Å². The third-order valence-corrected chi connectivity index (χ3v) is 4.56. The SMILES string of the molecule is CCOc1ccc(NC(=O)CN(C)C(=O)Cc2ccc(C)c(C)c2)cc1OCC. The van der Waals surface area contributed by atoms with Crippen LogP contribution in [-0.2, 0) is 16.0 Å². The number of nitrogens with zero attached hydrogens (tertiary/aromatic N) is 1. The zero-order chi connectivity index (χ0) is 21.4. The van der Waals surface area contributed by atoms with Gasteiger partial charge in [-0.1, -0.05) is 18.2 Å². The molecule has 0 atom stereocenters. The van der Waals surface area contributed by atoms with E-state index in [1.165, 1.54) is 10.5 Å². The number of aryl methyl sites for hydroxylation is 2. The Morgan fingerprint density at radius 1 is 0.931 bits per heavy atom. The summed E-state index contributed by atoms with van der Waals surface area (Å²) >= 11 is 0. The van der Waals surface area contributed by atoms with Crippen LogP contribution < -0.4 is 14.8 Å². The lowest BCUT2D eigenvalue weighted by atomic mass is 10.0. The van der Waals surface area contributed by atoms with E-state index in [0.29, 0.717) is 30.4 Å². The molecule has 156 valence electrons. The Balaban J connectivity index is 1.96. The van der Waals surface area contributed by atoms with Crippen molar-refractivity contribution in [2.75, 3.05) is 32.1 Å². The number of nitrogens with one attached hydrogen (secondary N) is 1. The number of amides is 2. The summed E-state index contributed by atoms with van der Waals surface area (Å²) in [6.45, 7) is 8.84. The second-order valence-electron chi connectivity index (χ2n) is 6.92. The molecule has 0 unspecified atom stereocenters. The second kappa shape index (κ2) is 10.5. The van der Waals surface area contributed by atoms with Crippen molar-refractivity contribution in [3.05, 3.63) is 53.1 Å². The van der Waals surface area contributed by atoms with Gasteiger partial charge < -0.3 is 19.7 Å². The van der Waals surface area contributed by atoms with Gasteiger partial charge in [0, 0.05) is 18.8 Å². The fourth-order valence-electron chi connectivity index (χ4n) is 2.86. The van der Waals surface area contributed by atoms with E-state index in [4.69, 9.17) is 9.47 Å². The number of anilines is 1. The van der Waals surface area contributed by atoms with Crippen LogP contribution in [0.15, 0.2) is 36.4 Å². The molecule has 0 saturated heterocycles. The smallest absolute Gasteiger partial charge is 0.243 e. The van der Waals surface area contributed by atoms with Crippen LogP contribution in [0.1, 0.15) is 30.5 Å². The quantitative estimate of drug-likeness (QED) is 0.699. The normalized spacial score (nSPS) is 10.4. The largest absolute Gasteiger partial charge is 0.490 e. The highest BCUT2D eigenvalue weighted by Crippen LogP contribution is 2.30. The molecule has 29 heavy (non-hydrogen) atoms. The average molecular weight is 399 g/mol. The van der Waals surface area contributed by atoms with Crippen LogP contribution in [0.5, 0.6) is 11.5 Å². The number of ether oxygens (including phenoxy) is 2. The van der Waals surface area contributed by atoms with Crippen molar-refractivity contribution in [2.45, 2.75) is 34.1 Å². The van der Waals surface area contributed by atoms with Crippen molar-refractivity contribution in [2.24, 2.45) is 0 Å². The van der Waals surface area contributed by atoms with Gasteiger partial charge in [-0.15, -0.1) is 0 Å². The first-order chi connectivity index (χ1) is 13.8. The Bertz CT molecular complexity index is 864. The van der Waals surface area contributed by atoms with Crippen LogP contribution in [0.3, 0.4) is 0 Å². The van der Waals surface area contributed by atoms with E-state index in [2.05, 4.69) is 5.32 Å². The molecule has 0 aromatic heterocycles. The zero-order valence-corrected chi connectivity index (χ0v) is 17.9.